The quantitative estimate of drug-likeness (QED) is 0.246. The van der Waals surface area contributed by atoms with Gasteiger partial charge >= 0.3 is 51.4 Å². The van der Waals surface area contributed by atoms with E-state index in [1.165, 1.54) is 0 Å². The van der Waals surface area contributed by atoms with Gasteiger partial charge in [0.25, 0.3) is 0 Å². The molecular formula is C6H12ClKO6. The number of aldehydes is 1. The predicted octanol–water partition coefficient (Wildman–Crippen LogP) is -9.37. The first-order valence-electron chi connectivity index (χ1n) is 3.33. The Kier molecular flexibility index (Phi) is 16.2. The Labute approximate surface area is 130 Å². The molecule has 0 aromatic carbocycles. The maximum atomic E-state index is 9.90. The number of aliphatic hydroxyl groups excluding tert-OH is 5. The summed E-state index contributed by atoms with van der Waals surface area (Å²) in [6.07, 6.45) is -6.84. The summed E-state index contributed by atoms with van der Waals surface area (Å²) >= 11 is 0. The average Bonchev–Trinajstić information content (AvgIpc) is 2.12. The van der Waals surface area contributed by atoms with Gasteiger partial charge in [-0.1, -0.05) is 0 Å². The van der Waals surface area contributed by atoms with Crippen molar-refractivity contribution in [3.8, 4) is 0 Å². The van der Waals surface area contributed by atoms with Gasteiger partial charge in [0.05, 0.1) is 6.61 Å². The Balaban J connectivity index is -0.000000605. The van der Waals surface area contributed by atoms with Crippen LogP contribution in [0.2, 0.25) is 0 Å². The fourth-order valence-electron chi connectivity index (χ4n) is 0.618. The molecule has 0 heterocycles. The second kappa shape index (κ2) is 10.9. The second-order valence-electron chi connectivity index (χ2n) is 2.36. The van der Waals surface area contributed by atoms with E-state index in [1.807, 2.05) is 0 Å². The third kappa shape index (κ3) is 6.80. The maximum absolute atomic E-state index is 9.90. The molecule has 14 heavy (non-hydrogen) atoms. The molecule has 0 aromatic rings. The molecule has 5 N–H and O–H groups in total. The van der Waals surface area contributed by atoms with Gasteiger partial charge in [-0.15, -0.1) is 0 Å². The molecule has 6 nitrogen and oxygen atoms in total. The van der Waals surface area contributed by atoms with Crippen LogP contribution in [0.4, 0.5) is 0 Å². The molecule has 0 radical (unpaired) electrons. The third-order valence-corrected chi connectivity index (χ3v) is 1.42. The van der Waals surface area contributed by atoms with Gasteiger partial charge in [-0.05, 0) is 0 Å². The Hall–Kier alpha value is 1.40. The number of hydrogen-bond acceptors (Lipinski definition) is 6. The smallest absolute Gasteiger partial charge is 1.00 e. The normalized spacial score (nSPS) is 18.1. The van der Waals surface area contributed by atoms with Crippen LogP contribution in [-0.4, -0.2) is 62.8 Å². The molecule has 4 atom stereocenters. The van der Waals surface area contributed by atoms with Crippen LogP contribution in [0.25, 0.3) is 0 Å². The van der Waals surface area contributed by atoms with Crippen molar-refractivity contribution in [2.75, 3.05) is 6.61 Å². The molecule has 0 fully saturated rings. The van der Waals surface area contributed by atoms with E-state index in [4.69, 9.17) is 25.5 Å². The molecule has 80 valence electrons. The Bertz CT molecular complexity index is 148. The van der Waals surface area contributed by atoms with Crippen molar-refractivity contribution in [1.82, 2.24) is 0 Å². The Morgan fingerprint density at radius 3 is 1.79 bits per heavy atom. The van der Waals surface area contributed by atoms with E-state index >= 15 is 0 Å². The van der Waals surface area contributed by atoms with Gasteiger partial charge in [0.2, 0.25) is 0 Å². The molecule has 0 spiro atoms. The van der Waals surface area contributed by atoms with E-state index in [1.54, 1.807) is 0 Å². The van der Waals surface area contributed by atoms with Crippen molar-refractivity contribution in [3.63, 3.8) is 0 Å². The summed E-state index contributed by atoms with van der Waals surface area (Å²) in [6.45, 7) is -0.760. The second-order valence-corrected chi connectivity index (χ2v) is 2.36. The summed E-state index contributed by atoms with van der Waals surface area (Å²) in [4.78, 5) is 9.90. The van der Waals surface area contributed by atoms with Crippen LogP contribution >= 0.6 is 0 Å². The van der Waals surface area contributed by atoms with Gasteiger partial charge in [0.15, 0.2) is 6.29 Å². The van der Waals surface area contributed by atoms with Gasteiger partial charge in [-0.25, -0.2) is 0 Å². The van der Waals surface area contributed by atoms with Crippen molar-refractivity contribution in [2.24, 2.45) is 0 Å². The molecule has 0 aliphatic carbocycles. The van der Waals surface area contributed by atoms with E-state index in [-0.39, 0.29) is 70.1 Å². The zero-order valence-corrected chi connectivity index (χ0v) is 11.5. The van der Waals surface area contributed by atoms with E-state index in [0.717, 1.165) is 0 Å². The number of carbonyl (C=O) groups excluding carboxylic acids is 1. The molecule has 8 heteroatoms. The van der Waals surface area contributed by atoms with Crippen LogP contribution in [0, 0.1) is 0 Å². The number of aliphatic hydroxyl groups is 5. The minimum absolute atomic E-state index is 0. The molecule has 0 amide bonds. The largest absolute Gasteiger partial charge is 1.00 e. The van der Waals surface area contributed by atoms with Crippen molar-refractivity contribution < 1.29 is 94.1 Å². The number of hydrogen-bond donors (Lipinski definition) is 5. The number of carbonyl (C=O) groups is 1. The first kappa shape index (κ1) is 20.8. The maximum Gasteiger partial charge on any atom is 1.00 e. The van der Waals surface area contributed by atoms with Crippen LogP contribution in [0.15, 0.2) is 0 Å². The molecule has 0 saturated carbocycles. The number of rotatable bonds is 5. The van der Waals surface area contributed by atoms with Crippen molar-refractivity contribution in [2.45, 2.75) is 24.4 Å². The van der Waals surface area contributed by atoms with Crippen LogP contribution in [0.3, 0.4) is 0 Å². The van der Waals surface area contributed by atoms with E-state index in [9.17, 15) is 4.79 Å². The summed E-state index contributed by atoms with van der Waals surface area (Å²) in [5.74, 6) is 0. The zero-order chi connectivity index (χ0) is 9.72. The third-order valence-electron chi connectivity index (χ3n) is 1.42. The summed E-state index contributed by atoms with van der Waals surface area (Å²) in [6, 6.07) is 0. The van der Waals surface area contributed by atoms with Gasteiger partial charge < -0.3 is 42.7 Å². The molecule has 0 aliphatic rings. The summed E-state index contributed by atoms with van der Waals surface area (Å²) in [5, 5.41) is 43.5. The standard InChI is InChI=1S/C6H12O6.ClH.K/c7-1-3(9)5(11)6(12)4(10)2-8;;/h1,3-6,8-12H,2H2;1H;/q;;+1/p-1. The Morgan fingerprint density at radius 1 is 1.07 bits per heavy atom. The van der Waals surface area contributed by atoms with Crippen LogP contribution in [-0.2, 0) is 4.79 Å². The zero-order valence-electron chi connectivity index (χ0n) is 7.62. The van der Waals surface area contributed by atoms with E-state index < -0.39 is 31.0 Å². The van der Waals surface area contributed by atoms with Crippen LogP contribution < -0.4 is 63.8 Å². The molecule has 0 rings (SSSR count). The van der Waals surface area contributed by atoms with Crippen LogP contribution in [0.5, 0.6) is 0 Å². The molecule has 0 aromatic heterocycles. The molecular weight excluding hydrogens is 243 g/mol. The van der Waals surface area contributed by atoms with Crippen molar-refractivity contribution in [1.29, 1.82) is 0 Å². The van der Waals surface area contributed by atoms with Gasteiger partial charge in [0.1, 0.15) is 24.4 Å². The van der Waals surface area contributed by atoms with Gasteiger partial charge in [-0.3, -0.25) is 0 Å². The molecule has 0 saturated heterocycles. The first-order chi connectivity index (χ1) is 5.54. The fraction of sp³-hybridized carbons (Fsp3) is 0.833. The summed E-state index contributed by atoms with van der Waals surface area (Å²) in [5.41, 5.74) is 0. The van der Waals surface area contributed by atoms with Crippen LogP contribution in [0.1, 0.15) is 0 Å². The SMILES string of the molecule is O=CC(O)C(O)C(O)C(O)CO.[Cl-].[K+]. The van der Waals surface area contributed by atoms with E-state index in [0.29, 0.717) is 0 Å². The number of halogens is 1. The summed E-state index contributed by atoms with van der Waals surface area (Å²) in [7, 11) is 0. The fourth-order valence-corrected chi connectivity index (χ4v) is 0.618. The van der Waals surface area contributed by atoms with Gasteiger partial charge in [-0.2, -0.15) is 0 Å². The van der Waals surface area contributed by atoms with E-state index in [2.05, 4.69) is 0 Å². The topological polar surface area (TPSA) is 118 Å². The van der Waals surface area contributed by atoms with Crippen molar-refractivity contribution >= 4 is 6.29 Å². The molecule has 0 bridgehead atoms. The minimum atomic E-state index is -1.79. The monoisotopic (exact) mass is 254 g/mol. The van der Waals surface area contributed by atoms with Gasteiger partial charge in [0, 0.05) is 0 Å². The first-order valence-corrected chi connectivity index (χ1v) is 3.33. The minimum Gasteiger partial charge on any atom is -1.00 e. The predicted molar refractivity (Wildman–Crippen MR) is 37.2 cm³/mol. The molecule has 4 unspecified atom stereocenters. The van der Waals surface area contributed by atoms with Crippen molar-refractivity contribution in [3.05, 3.63) is 0 Å². The Morgan fingerprint density at radius 2 is 1.50 bits per heavy atom. The average molecular weight is 255 g/mol. The molecule has 0 aliphatic heterocycles. The summed E-state index contributed by atoms with van der Waals surface area (Å²) < 4.78 is 0.